The molecule has 0 saturated heterocycles. The third-order valence-corrected chi connectivity index (χ3v) is 2.99. The summed E-state index contributed by atoms with van der Waals surface area (Å²) >= 11 is 2.32. The van der Waals surface area contributed by atoms with Crippen molar-refractivity contribution in [1.29, 1.82) is 0 Å². The van der Waals surface area contributed by atoms with Crippen LogP contribution in [0.2, 0.25) is 0 Å². The van der Waals surface area contributed by atoms with Crippen LogP contribution in [0.3, 0.4) is 0 Å². The fourth-order valence-corrected chi connectivity index (χ4v) is 2.20. The van der Waals surface area contributed by atoms with E-state index >= 15 is 0 Å². The van der Waals surface area contributed by atoms with Gasteiger partial charge in [-0.05, 0) is 28.8 Å². The van der Waals surface area contributed by atoms with Crippen LogP contribution in [0.5, 0.6) is 0 Å². The molecule has 0 aromatic carbocycles. The molecule has 1 rings (SSSR count). The molecule has 0 amide bonds. The molecule has 0 bridgehead atoms. The van der Waals surface area contributed by atoms with E-state index in [-0.39, 0.29) is 0 Å². The molecule has 1 saturated carbocycles. The topological polar surface area (TPSA) is 20.2 Å². The Hall–Kier alpha value is 0.300. The first kappa shape index (κ1) is 10.4. The zero-order chi connectivity index (χ0) is 9.19. The molecule has 0 aromatic heterocycles. The summed E-state index contributed by atoms with van der Waals surface area (Å²) in [6, 6.07) is 0. The average Bonchev–Trinajstić information content (AvgIpc) is 2.11. The maximum atomic E-state index is 12.8. The fourth-order valence-electron chi connectivity index (χ4n) is 1.67. The molecule has 0 radical (unpaired) electrons. The van der Waals surface area contributed by atoms with Gasteiger partial charge in [0.15, 0.2) is 0 Å². The molecule has 1 aliphatic carbocycles. The van der Waals surface area contributed by atoms with Crippen molar-refractivity contribution in [1.82, 2.24) is 0 Å². The van der Waals surface area contributed by atoms with Crippen LogP contribution >= 0.6 is 15.9 Å². The van der Waals surface area contributed by atoms with E-state index in [4.69, 9.17) is 0 Å². The zero-order valence-corrected chi connectivity index (χ0v) is 8.36. The van der Waals surface area contributed by atoms with Crippen molar-refractivity contribution in [3.8, 4) is 0 Å². The number of hydrogen-bond donors (Lipinski definition) is 1. The van der Waals surface area contributed by atoms with Crippen LogP contribution in [0.1, 0.15) is 32.1 Å². The third-order valence-electron chi connectivity index (χ3n) is 2.40. The number of halogens is 3. The summed E-state index contributed by atoms with van der Waals surface area (Å²) in [4.78, 5) is -2.91. The molecule has 2 atom stereocenters. The second-order valence-electron chi connectivity index (χ2n) is 3.35. The molecule has 1 fully saturated rings. The van der Waals surface area contributed by atoms with E-state index in [1.54, 1.807) is 0 Å². The Kier molecular flexibility index (Phi) is 3.47. The minimum Gasteiger partial charge on any atom is -0.393 e. The van der Waals surface area contributed by atoms with E-state index in [9.17, 15) is 13.9 Å². The largest absolute Gasteiger partial charge is 0.393 e. The van der Waals surface area contributed by atoms with Crippen molar-refractivity contribution in [3.05, 3.63) is 0 Å². The standard InChI is InChI=1S/C8H13BrF2O/c9-8(10,11)6-4-2-1-3-5-7(6)12/h6-7,12H,1-5H2. The Morgan fingerprint density at radius 2 is 1.75 bits per heavy atom. The monoisotopic (exact) mass is 242 g/mol. The van der Waals surface area contributed by atoms with Gasteiger partial charge in [0.05, 0.1) is 12.0 Å². The molecular weight excluding hydrogens is 230 g/mol. The molecule has 0 heterocycles. The van der Waals surface area contributed by atoms with Gasteiger partial charge in [0.2, 0.25) is 0 Å². The third kappa shape index (κ3) is 2.66. The van der Waals surface area contributed by atoms with Gasteiger partial charge in [0, 0.05) is 0 Å². The summed E-state index contributed by atoms with van der Waals surface area (Å²) in [5.74, 6) is -0.903. The minimum atomic E-state index is -2.91. The van der Waals surface area contributed by atoms with Gasteiger partial charge in [-0.15, -0.1) is 0 Å². The van der Waals surface area contributed by atoms with Crippen molar-refractivity contribution in [2.75, 3.05) is 0 Å². The molecule has 1 nitrogen and oxygen atoms in total. The SMILES string of the molecule is OC1CCCCCC1C(F)(F)Br. The molecule has 1 N–H and O–H groups in total. The molecule has 0 aromatic rings. The second-order valence-corrected chi connectivity index (χ2v) is 4.41. The molecule has 0 spiro atoms. The molecule has 2 unspecified atom stereocenters. The maximum absolute atomic E-state index is 12.8. The second kappa shape index (κ2) is 4.01. The zero-order valence-electron chi connectivity index (χ0n) is 6.77. The van der Waals surface area contributed by atoms with Gasteiger partial charge in [-0.2, -0.15) is 8.78 Å². The molecule has 0 aliphatic heterocycles. The highest BCUT2D eigenvalue weighted by Gasteiger charge is 2.41. The Labute approximate surface area is 79.3 Å². The van der Waals surface area contributed by atoms with E-state index in [1.807, 2.05) is 0 Å². The van der Waals surface area contributed by atoms with Crippen molar-refractivity contribution in [2.45, 2.75) is 43.0 Å². The van der Waals surface area contributed by atoms with Crippen LogP contribution in [0.15, 0.2) is 0 Å². The molecule has 12 heavy (non-hydrogen) atoms. The maximum Gasteiger partial charge on any atom is 0.306 e. The first-order valence-electron chi connectivity index (χ1n) is 4.26. The van der Waals surface area contributed by atoms with Crippen LogP contribution in [0, 0.1) is 5.92 Å². The number of rotatable bonds is 1. The number of hydrogen-bond acceptors (Lipinski definition) is 1. The Morgan fingerprint density at radius 3 is 2.33 bits per heavy atom. The molecular formula is C8H13BrF2O. The molecule has 1 aliphatic rings. The van der Waals surface area contributed by atoms with Gasteiger partial charge < -0.3 is 5.11 Å². The van der Waals surface area contributed by atoms with E-state index < -0.39 is 16.9 Å². The summed E-state index contributed by atoms with van der Waals surface area (Å²) in [5, 5.41) is 9.37. The Morgan fingerprint density at radius 1 is 1.17 bits per heavy atom. The van der Waals surface area contributed by atoms with E-state index in [2.05, 4.69) is 15.9 Å². The predicted molar refractivity (Wildman–Crippen MR) is 46.5 cm³/mol. The predicted octanol–water partition coefficient (Wildman–Crippen LogP) is 2.92. The lowest BCUT2D eigenvalue weighted by molar-refractivity contribution is -0.0311. The molecule has 72 valence electrons. The fraction of sp³-hybridized carbons (Fsp3) is 1.00. The van der Waals surface area contributed by atoms with Crippen LogP contribution in [0.25, 0.3) is 0 Å². The van der Waals surface area contributed by atoms with Crippen molar-refractivity contribution in [2.24, 2.45) is 5.92 Å². The number of aliphatic hydroxyl groups is 1. The summed E-state index contributed by atoms with van der Waals surface area (Å²) in [6.07, 6.45) is 2.69. The quantitative estimate of drug-likeness (QED) is 0.554. The smallest absolute Gasteiger partial charge is 0.306 e. The van der Waals surface area contributed by atoms with E-state index in [0.717, 1.165) is 19.3 Å². The number of aliphatic hydroxyl groups excluding tert-OH is 1. The van der Waals surface area contributed by atoms with Gasteiger partial charge in [-0.1, -0.05) is 19.3 Å². The summed E-state index contributed by atoms with van der Waals surface area (Å²) in [6.45, 7) is 0. The van der Waals surface area contributed by atoms with Crippen LogP contribution in [-0.2, 0) is 0 Å². The normalized spacial score (nSPS) is 33.0. The highest BCUT2D eigenvalue weighted by atomic mass is 79.9. The Balaban J connectivity index is 2.59. The minimum absolute atomic E-state index is 0.416. The highest BCUT2D eigenvalue weighted by molar-refractivity contribution is 9.10. The van der Waals surface area contributed by atoms with Gasteiger partial charge in [0.1, 0.15) is 0 Å². The lowest BCUT2D eigenvalue weighted by Gasteiger charge is -2.24. The van der Waals surface area contributed by atoms with E-state index in [1.165, 1.54) is 0 Å². The lowest BCUT2D eigenvalue weighted by atomic mass is 9.98. The van der Waals surface area contributed by atoms with Crippen molar-refractivity contribution < 1.29 is 13.9 Å². The van der Waals surface area contributed by atoms with E-state index in [0.29, 0.717) is 12.8 Å². The summed E-state index contributed by atoms with van der Waals surface area (Å²) in [5.41, 5.74) is 0. The van der Waals surface area contributed by atoms with Gasteiger partial charge >= 0.3 is 4.83 Å². The molecule has 4 heteroatoms. The summed E-state index contributed by atoms with van der Waals surface area (Å²) < 4.78 is 25.6. The van der Waals surface area contributed by atoms with Crippen LogP contribution in [-0.4, -0.2) is 16.0 Å². The van der Waals surface area contributed by atoms with Gasteiger partial charge in [-0.3, -0.25) is 0 Å². The van der Waals surface area contributed by atoms with Gasteiger partial charge in [-0.25, -0.2) is 0 Å². The number of alkyl halides is 3. The first-order chi connectivity index (χ1) is 5.52. The van der Waals surface area contributed by atoms with Crippen LogP contribution in [0.4, 0.5) is 8.78 Å². The lowest BCUT2D eigenvalue weighted by Crippen LogP contribution is -2.31. The van der Waals surface area contributed by atoms with Crippen molar-refractivity contribution >= 4 is 15.9 Å². The first-order valence-corrected chi connectivity index (χ1v) is 5.06. The van der Waals surface area contributed by atoms with Crippen molar-refractivity contribution in [3.63, 3.8) is 0 Å². The van der Waals surface area contributed by atoms with Crippen LogP contribution < -0.4 is 0 Å². The summed E-state index contributed by atoms with van der Waals surface area (Å²) in [7, 11) is 0. The Bertz CT molecular complexity index is 146. The average molecular weight is 243 g/mol. The van der Waals surface area contributed by atoms with Gasteiger partial charge in [0.25, 0.3) is 0 Å². The highest BCUT2D eigenvalue weighted by Crippen LogP contribution is 2.39.